The predicted octanol–water partition coefficient (Wildman–Crippen LogP) is 2.75. The van der Waals surface area contributed by atoms with Crippen molar-refractivity contribution in [1.82, 2.24) is 9.78 Å². The third-order valence-electron chi connectivity index (χ3n) is 2.59. The second kappa shape index (κ2) is 6.32. The monoisotopic (exact) mass is 356 g/mol. The SMILES string of the molecule is Cc1cc(C)n(CC(=O)OCC(=O)c2ccc(Br)s2)n1. The van der Waals surface area contributed by atoms with Gasteiger partial charge in [-0.25, -0.2) is 0 Å². The van der Waals surface area contributed by atoms with Crippen molar-refractivity contribution in [3.8, 4) is 0 Å². The molecule has 2 aromatic rings. The average Bonchev–Trinajstić information content (AvgIpc) is 2.93. The number of nitrogens with zero attached hydrogens (tertiary/aromatic N) is 2. The zero-order valence-corrected chi connectivity index (χ0v) is 13.5. The Kier molecular flexibility index (Phi) is 4.72. The molecule has 0 bridgehead atoms. The van der Waals surface area contributed by atoms with E-state index >= 15 is 0 Å². The number of halogens is 1. The van der Waals surface area contributed by atoms with Crippen molar-refractivity contribution in [2.24, 2.45) is 0 Å². The average molecular weight is 357 g/mol. The Morgan fingerprint density at radius 3 is 2.70 bits per heavy atom. The number of ketones is 1. The fraction of sp³-hybridized carbons (Fsp3) is 0.308. The molecule has 0 aliphatic carbocycles. The maximum Gasteiger partial charge on any atom is 0.328 e. The molecule has 0 unspecified atom stereocenters. The number of hydrogen-bond donors (Lipinski definition) is 0. The number of aryl methyl sites for hydroxylation is 2. The Hall–Kier alpha value is -1.47. The van der Waals surface area contributed by atoms with Crippen LogP contribution in [-0.2, 0) is 16.1 Å². The summed E-state index contributed by atoms with van der Waals surface area (Å²) in [7, 11) is 0. The second-order valence-electron chi connectivity index (χ2n) is 4.27. The normalized spacial score (nSPS) is 10.6. The number of carbonyl (C=O) groups is 2. The minimum atomic E-state index is -0.472. The number of rotatable bonds is 5. The third-order valence-corrected chi connectivity index (χ3v) is 4.26. The van der Waals surface area contributed by atoms with E-state index < -0.39 is 5.97 Å². The van der Waals surface area contributed by atoms with Crippen molar-refractivity contribution in [2.75, 3.05) is 6.61 Å². The van der Waals surface area contributed by atoms with Gasteiger partial charge < -0.3 is 4.74 Å². The van der Waals surface area contributed by atoms with Crippen LogP contribution in [0.15, 0.2) is 22.0 Å². The molecule has 7 heteroatoms. The molecular weight excluding hydrogens is 344 g/mol. The largest absolute Gasteiger partial charge is 0.456 e. The van der Waals surface area contributed by atoms with Crippen LogP contribution in [0.3, 0.4) is 0 Å². The maximum atomic E-state index is 11.8. The van der Waals surface area contributed by atoms with Crippen LogP contribution in [0, 0.1) is 13.8 Å². The van der Waals surface area contributed by atoms with E-state index in [1.807, 2.05) is 19.9 Å². The van der Waals surface area contributed by atoms with E-state index in [-0.39, 0.29) is 18.9 Å². The van der Waals surface area contributed by atoms with Crippen molar-refractivity contribution in [3.63, 3.8) is 0 Å². The van der Waals surface area contributed by atoms with Gasteiger partial charge in [-0.1, -0.05) is 0 Å². The van der Waals surface area contributed by atoms with Gasteiger partial charge in [0.2, 0.25) is 5.78 Å². The number of ether oxygens (including phenoxy) is 1. The van der Waals surface area contributed by atoms with Crippen LogP contribution in [0.4, 0.5) is 0 Å². The lowest BCUT2D eigenvalue weighted by atomic mass is 10.3. The zero-order valence-electron chi connectivity index (χ0n) is 11.1. The molecule has 0 spiro atoms. The van der Waals surface area contributed by atoms with Crippen molar-refractivity contribution in [2.45, 2.75) is 20.4 Å². The fourth-order valence-corrected chi connectivity index (χ4v) is 2.99. The van der Waals surface area contributed by atoms with Crippen molar-refractivity contribution >= 4 is 39.0 Å². The summed E-state index contributed by atoms with van der Waals surface area (Å²) < 4.78 is 7.41. The third kappa shape index (κ3) is 3.77. The van der Waals surface area contributed by atoms with E-state index in [2.05, 4.69) is 21.0 Å². The van der Waals surface area contributed by atoms with E-state index in [4.69, 9.17) is 4.74 Å². The molecule has 2 aromatic heterocycles. The predicted molar refractivity (Wildman–Crippen MR) is 79.0 cm³/mol. The smallest absolute Gasteiger partial charge is 0.328 e. The Balaban J connectivity index is 1.86. The minimum Gasteiger partial charge on any atom is -0.456 e. The van der Waals surface area contributed by atoms with E-state index in [1.165, 1.54) is 11.3 Å². The Morgan fingerprint density at radius 1 is 1.40 bits per heavy atom. The van der Waals surface area contributed by atoms with Gasteiger partial charge in [-0.05, 0) is 48.0 Å². The maximum absolute atomic E-state index is 11.8. The van der Waals surface area contributed by atoms with Gasteiger partial charge in [0, 0.05) is 5.69 Å². The van der Waals surface area contributed by atoms with Gasteiger partial charge in [0.1, 0.15) is 6.54 Å². The first-order valence-corrected chi connectivity index (χ1v) is 7.52. The highest BCUT2D eigenvalue weighted by Crippen LogP contribution is 2.22. The van der Waals surface area contributed by atoms with Crippen LogP contribution in [-0.4, -0.2) is 28.1 Å². The summed E-state index contributed by atoms with van der Waals surface area (Å²) in [4.78, 5) is 24.0. The summed E-state index contributed by atoms with van der Waals surface area (Å²) >= 11 is 4.60. The lowest BCUT2D eigenvalue weighted by Crippen LogP contribution is -2.19. The van der Waals surface area contributed by atoms with E-state index in [0.717, 1.165) is 15.2 Å². The molecule has 0 aromatic carbocycles. The van der Waals surface area contributed by atoms with Crippen molar-refractivity contribution in [3.05, 3.63) is 38.3 Å². The molecule has 2 heterocycles. The lowest BCUT2D eigenvalue weighted by molar-refractivity contribution is -0.143. The standard InChI is InChI=1S/C13H13BrN2O3S/c1-8-5-9(2)16(15-8)6-13(18)19-7-10(17)11-3-4-12(14)20-11/h3-5H,6-7H2,1-2H3. The number of carbonyl (C=O) groups excluding carboxylic acids is 2. The van der Waals surface area contributed by atoms with Crippen LogP contribution in [0.5, 0.6) is 0 Å². The highest BCUT2D eigenvalue weighted by molar-refractivity contribution is 9.11. The molecule has 0 fully saturated rings. The summed E-state index contributed by atoms with van der Waals surface area (Å²) in [5.41, 5.74) is 1.72. The van der Waals surface area contributed by atoms with E-state index in [0.29, 0.717) is 4.88 Å². The molecule has 0 atom stereocenters. The first-order chi connectivity index (χ1) is 9.45. The Bertz CT molecular complexity index is 648. The number of esters is 1. The molecule has 0 saturated carbocycles. The molecule has 20 heavy (non-hydrogen) atoms. The molecule has 106 valence electrons. The van der Waals surface area contributed by atoms with Gasteiger partial charge in [0.25, 0.3) is 0 Å². The van der Waals surface area contributed by atoms with Gasteiger partial charge in [-0.2, -0.15) is 5.10 Å². The Morgan fingerprint density at radius 2 is 2.15 bits per heavy atom. The van der Waals surface area contributed by atoms with Crippen LogP contribution in [0.2, 0.25) is 0 Å². The summed E-state index contributed by atoms with van der Waals surface area (Å²) in [6.45, 7) is 3.49. The summed E-state index contributed by atoms with van der Waals surface area (Å²) in [5, 5.41) is 4.17. The molecular formula is C13H13BrN2O3S. The first kappa shape index (κ1) is 14.9. The first-order valence-electron chi connectivity index (χ1n) is 5.91. The molecule has 2 rings (SSSR count). The zero-order chi connectivity index (χ0) is 14.7. The minimum absolute atomic E-state index is 0.0150. The van der Waals surface area contributed by atoms with E-state index in [1.54, 1.807) is 16.8 Å². The van der Waals surface area contributed by atoms with Crippen LogP contribution >= 0.6 is 27.3 Å². The summed E-state index contributed by atoms with van der Waals surface area (Å²) in [5.74, 6) is -0.678. The van der Waals surface area contributed by atoms with Gasteiger partial charge in [-0.3, -0.25) is 14.3 Å². The van der Waals surface area contributed by atoms with E-state index in [9.17, 15) is 9.59 Å². The topological polar surface area (TPSA) is 61.2 Å². The number of thiophene rings is 1. The molecule has 5 nitrogen and oxygen atoms in total. The van der Waals surface area contributed by atoms with Crippen LogP contribution in [0.25, 0.3) is 0 Å². The second-order valence-corrected chi connectivity index (χ2v) is 6.74. The fourth-order valence-electron chi connectivity index (χ4n) is 1.68. The number of aromatic nitrogens is 2. The van der Waals surface area contributed by atoms with Gasteiger partial charge in [0.05, 0.1) is 14.4 Å². The molecule has 0 aliphatic heterocycles. The molecule has 0 N–H and O–H groups in total. The molecule has 0 radical (unpaired) electrons. The molecule has 0 saturated heterocycles. The van der Waals surface area contributed by atoms with Crippen molar-refractivity contribution in [1.29, 1.82) is 0 Å². The summed E-state index contributed by atoms with van der Waals surface area (Å²) in [6.07, 6.45) is 0. The highest BCUT2D eigenvalue weighted by Gasteiger charge is 2.13. The van der Waals surface area contributed by atoms with Crippen LogP contribution in [0.1, 0.15) is 21.1 Å². The quantitative estimate of drug-likeness (QED) is 0.610. The van der Waals surface area contributed by atoms with Gasteiger partial charge >= 0.3 is 5.97 Å². The number of Topliss-reactive ketones (excluding diaryl/α,β-unsaturated/α-hetero) is 1. The van der Waals surface area contributed by atoms with Gasteiger partial charge in [0.15, 0.2) is 6.61 Å². The van der Waals surface area contributed by atoms with Gasteiger partial charge in [-0.15, -0.1) is 11.3 Å². The molecule has 0 amide bonds. The summed E-state index contributed by atoms with van der Waals surface area (Å²) in [6, 6.07) is 5.36. The Labute approximate surface area is 128 Å². The lowest BCUT2D eigenvalue weighted by Gasteiger charge is -2.05. The van der Waals surface area contributed by atoms with Crippen LogP contribution < -0.4 is 0 Å². The highest BCUT2D eigenvalue weighted by atomic mass is 79.9. The molecule has 0 aliphatic rings. The number of hydrogen-bond acceptors (Lipinski definition) is 5. The van der Waals surface area contributed by atoms with Crippen molar-refractivity contribution < 1.29 is 14.3 Å².